The van der Waals surface area contributed by atoms with Gasteiger partial charge in [0.2, 0.25) is 0 Å². The second-order valence-corrected chi connectivity index (χ2v) is 3.60. The summed E-state index contributed by atoms with van der Waals surface area (Å²) in [7, 11) is 2.08. The van der Waals surface area contributed by atoms with E-state index in [1.54, 1.807) is 0 Å². The second kappa shape index (κ2) is 3.97. The summed E-state index contributed by atoms with van der Waals surface area (Å²) in [4.78, 5) is 0. The molecular weight excluding hydrogens is 122 g/mol. The van der Waals surface area contributed by atoms with Crippen molar-refractivity contribution in [3.63, 3.8) is 0 Å². The first-order valence-electron chi connectivity index (χ1n) is 4.50. The van der Waals surface area contributed by atoms with Crippen LogP contribution in [0.15, 0.2) is 0 Å². The quantitative estimate of drug-likeness (QED) is 0.556. The van der Waals surface area contributed by atoms with Gasteiger partial charge in [0.15, 0.2) is 0 Å². The number of rotatable bonds is 1. The lowest BCUT2D eigenvalue weighted by molar-refractivity contribution is 0.475. The molecule has 0 spiro atoms. The van der Waals surface area contributed by atoms with Crippen molar-refractivity contribution in [3.05, 3.63) is 0 Å². The molecule has 0 aromatic heterocycles. The topological polar surface area (TPSA) is 12.0 Å². The van der Waals surface area contributed by atoms with Gasteiger partial charge in [-0.25, -0.2) is 0 Å². The molecule has 1 N–H and O–H groups in total. The Bertz CT molecular complexity index is 95.6. The monoisotopic (exact) mass is 143 g/mol. The molecular formula is C9H21N. The molecule has 1 saturated carbocycles. The molecule has 1 aliphatic rings. The highest BCUT2D eigenvalue weighted by molar-refractivity contribution is 4.71. The van der Waals surface area contributed by atoms with Crippen LogP contribution in [0.2, 0.25) is 0 Å². The summed E-state index contributed by atoms with van der Waals surface area (Å²) in [6, 6.07) is 0.810. The normalized spacial score (nSPS) is 35.4. The Morgan fingerprint density at radius 2 is 2.00 bits per heavy atom. The van der Waals surface area contributed by atoms with Crippen LogP contribution in [0.25, 0.3) is 0 Å². The first kappa shape index (κ1) is 8.06. The average molecular weight is 143 g/mol. The smallest absolute Gasteiger partial charge is 0.00641 e. The lowest BCUT2D eigenvalue weighted by Gasteiger charge is -2.11. The van der Waals surface area contributed by atoms with Crippen LogP contribution < -0.4 is 5.32 Å². The Hall–Kier alpha value is -0.0400. The minimum atomic E-state index is 0. The predicted molar refractivity (Wildman–Crippen MR) is 47.2 cm³/mol. The molecule has 10 heavy (non-hydrogen) atoms. The molecule has 0 unspecified atom stereocenters. The van der Waals surface area contributed by atoms with E-state index < -0.39 is 0 Å². The van der Waals surface area contributed by atoms with E-state index in [9.17, 15) is 0 Å². The summed E-state index contributed by atoms with van der Waals surface area (Å²) in [6.45, 7) is 2.37. The Morgan fingerprint density at radius 3 is 2.70 bits per heavy atom. The standard InChI is InChI=1S/C9H19N.H2/c1-8-4-3-5-9(10-2)7-6-8;/h8-10H,3-7H2,1-2H3;1H/t8-,9-;/m0./s1. The zero-order valence-corrected chi connectivity index (χ0v) is 7.19. The fourth-order valence-corrected chi connectivity index (χ4v) is 1.78. The third-order valence-corrected chi connectivity index (χ3v) is 2.67. The maximum Gasteiger partial charge on any atom is 0.00641 e. The fourth-order valence-electron chi connectivity index (χ4n) is 1.78. The summed E-state index contributed by atoms with van der Waals surface area (Å²) in [6.07, 6.45) is 7.06. The van der Waals surface area contributed by atoms with Crippen molar-refractivity contribution in [1.82, 2.24) is 5.32 Å². The van der Waals surface area contributed by atoms with E-state index in [0.29, 0.717) is 0 Å². The van der Waals surface area contributed by atoms with Gasteiger partial charge in [-0.15, -0.1) is 0 Å². The maximum absolute atomic E-state index is 3.36. The molecule has 0 aromatic carbocycles. The summed E-state index contributed by atoms with van der Waals surface area (Å²) < 4.78 is 0. The van der Waals surface area contributed by atoms with Crippen LogP contribution in [0, 0.1) is 5.92 Å². The molecule has 0 saturated heterocycles. The van der Waals surface area contributed by atoms with E-state index in [4.69, 9.17) is 0 Å². The highest BCUT2D eigenvalue weighted by atomic mass is 14.9. The van der Waals surface area contributed by atoms with Gasteiger partial charge in [0.05, 0.1) is 0 Å². The molecule has 0 aromatic rings. The molecule has 0 bridgehead atoms. The third-order valence-electron chi connectivity index (χ3n) is 2.67. The SMILES string of the molecule is CN[C@H]1CCC[C@H](C)CC1.[HH]. The molecule has 1 aliphatic carbocycles. The van der Waals surface area contributed by atoms with E-state index in [-0.39, 0.29) is 1.43 Å². The molecule has 1 heteroatoms. The number of hydrogen-bond acceptors (Lipinski definition) is 1. The Morgan fingerprint density at radius 1 is 1.20 bits per heavy atom. The van der Waals surface area contributed by atoms with E-state index in [2.05, 4.69) is 19.3 Å². The Balaban J connectivity index is 0.000001000. The van der Waals surface area contributed by atoms with Crippen molar-refractivity contribution in [2.75, 3.05) is 7.05 Å². The third kappa shape index (κ3) is 2.30. The highest BCUT2D eigenvalue weighted by Gasteiger charge is 2.13. The lowest BCUT2D eigenvalue weighted by Crippen LogP contribution is -2.23. The van der Waals surface area contributed by atoms with Crippen molar-refractivity contribution in [2.24, 2.45) is 5.92 Å². The summed E-state index contributed by atoms with van der Waals surface area (Å²) >= 11 is 0. The average Bonchev–Trinajstić information content (AvgIpc) is 2.14. The van der Waals surface area contributed by atoms with Crippen molar-refractivity contribution in [3.8, 4) is 0 Å². The van der Waals surface area contributed by atoms with E-state index in [1.807, 2.05) is 0 Å². The van der Waals surface area contributed by atoms with Gasteiger partial charge in [0.1, 0.15) is 0 Å². The van der Waals surface area contributed by atoms with Crippen molar-refractivity contribution in [1.29, 1.82) is 0 Å². The van der Waals surface area contributed by atoms with E-state index >= 15 is 0 Å². The minimum absolute atomic E-state index is 0. The van der Waals surface area contributed by atoms with Gasteiger partial charge in [-0.2, -0.15) is 0 Å². The number of nitrogens with one attached hydrogen (secondary N) is 1. The molecule has 0 radical (unpaired) electrons. The molecule has 0 aliphatic heterocycles. The van der Waals surface area contributed by atoms with Gasteiger partial charge in [0.25, 0.3) is 0 Å². The second-order valence-electron chi connectivity index (χ2n) is 3.60. The maximum atomic E-state index is 3.36. The van der Waals surface area contributed by atoms with Crippen LogP contribution in [0.1, 0.15) is 40.5 Å². The molecule has 1 nitrogen and oxygen atoms in total. The summed E-state index contributed by atoms with van der Waals surface area (Å²) in [5.74, 6) is 0.971. The van der Waals surface area contributed by atoms with Gasteiger partial charge in [0, 0.05) is 7.47 Å². The molecule has 2 atom stereocenters. The minimum Gasteiger partial charge on any atom is -0.317 e. The van der Waals surface area contributed by atoms with Gasteiger partial charge < -0.3 is 5.32 Å². The number of hydrogen-bond donors (Lipinski definition) is 1. The largest absolute Gasteiger partial charge is 0.317 e. The molecule has 1 fully saturated rings. The summed E-state index contributed by atoms with van der Waals surface area (Å²) in [5.41, 5.74) is 0. The first-order valence-corrected chi connectivity index (χ1v) is 4.50. The Kier molecular flexibility index (Phi) is 3.20. The van der Waals surface area contributed by atoms with Gasteiger partial charge in [-0.05, 0) is 32.2 Å². The lowest BCUT2D eigenvalue weighted by atomic mass is 10.0. The van der Waals surface area contributed by atoms with E-state index in [1.165, 1.54) is 32.1 Å². The van der Waals surface area contributed by atoms with Crippen LogP contribution >= 0.6 is 0 Å². The van der Waals surface area contributed by atoms with Crippen molar-refractivity contribution < 1.29 is 1.43 Å². The van der Waals surface area contributed by atoms with Crippen LogP contribution in [0.3, 0.4) is 0 Å². The highest BCUT2D eigenvalue weighted by Crippen LogP contribution is 2.21. The van der Waals surface area contributed by atoms with Crippen LogP contribution in [0.5, 0.6) is 0 Å². The van der Waals surface area contributed by atoms with Crippen molar-refractivity contribution >= 4 is 0 Å². The van der Waals surface area contributed by atoms with Crippen molar-refractivity contribution in [2.45, 2.75) is 45.1 Å². The van der Waals surface area contributed by atoms with Gasteiger partial charge >= 0.3 is 0 Å². The molecule has 1 rings (SSSR count). The van der Waals surface area contributed by atoms with Crippen LogP contribution in [0.4, 0.5) is 0 Å². The van der Waals surface area contributed by atoms with Gasteiger partial charge in [-0.1, -0.05) is 19.8 Å². The fraction of sp³-hybridized carbons (Fsp3) is 1.00. The first-order chi connectivity index (χ1) is 4.83. The van der Waals surface area contributed by atoms with Gasteiger partial charge in [-0.3, -0.25) is 0 Å². The zero-order chi connectivity index (χ0) is 7.40. The Labute approximate surface area is 65.7 Å². The molecule has 62 valence electrons. The van der Waals surface area contributed by atoms with Crippen LogP contribution in [-0.4, -0.2) is 13.1 Å². The molecule has 0 amide bonds. The van der Waals surface area contributed by atoms with Crippen LogP contribution in [-0.2, 0) is 0 Å². The predicted octanol–water partition coefficient (Wildman–Crippen LogP) is 2.42. The zero-order valence-electron chi connectivity index (χ0n) is 7.19. The van der Waals surface area contributed by atoms with E-state index in [0.717, 1.165) is 12.0 Å². The molecule has 0 heterocycles. The summed E-state index contributed by atoms with van der Waals surface area (Å²) in [5, 5.41) is 3.36.